The van der Waals surface area contributed by atoms with E-state index in [4.69, 9.17) is 14.2 Å². The molecule has 39 heavy (non-hydrogen) atoms. The highest BCUT2D eigenvalue weighted by Crippen LogP contribution is 2.40. The van der Waals surface area contributed by atoms with Crippen molar-refractivity contribution >= 4 is 17.5 Å². The Morgan fingerprint density at radius 1 is 1.13 bits per heavy atom. The third-order valence-electron chi connectivity index (χ3n) is 6.49. The number of anilines is 2. The predicted octanol–water partition coefficient (Wildman–Crippen LogP) is 4.85. The number of hydrogen-bond donors (Lipinski definition) is 1. The first-order valence-electron chi connectivity index (χ1n) is 12.0. The molecule has 0 unspecified atom stereocenters. The van der Waals surface area contributed by atoms with Crippen molar-refractivity contribution in [2.75, 3.05) is 39.6 Å². The van der Waals surface area contributed by atoms with E-state index >= 15 is 0 Å². The zero-order valence-electron chi connectivity index (χ0n) is 21.3. The Balaban J connectivity index is 1.45. The number of carbonyl (C=O) groups excluding carboxylic acids is 1. The van der Waals surface area contributed by atoms with Crippen LogP contribution in [0.1, 0.15) is 27.9 Å². The second kappa shape index (κ2) is 10.2. The third-order valence-corrected chi connectivity index (χ3v) is 6.49. The molecule has 2 aliphatic heterocycles. The summed E-state index contributed by atoms with van der Waals surface area (Å²) in [7, 11) is 4.88. The van der Waals surface area contributed by atoms with E-state index in [1.807, 2.05) is 7.05 Å². The van der Waals surface area contributed by atoms with Gasteiger partial charge in [-0.2, -0.15) is 18.2 Å². The van der Waals surface area contributed by atoms with Crippen molar-refractivity contribution in [1.82, 2.24) is 19.8 Å². The summed E-state index contributed by atoms with van der Waals surface area (Å²) in [6, 6.07) is 7.11. The lowest BCUT2D eigenvalue weighted by molar-refractivity contribution is -0.139. The molecule has 1 saturated heterocycles. The van der Waals surface area contributed by atoms with Crippen LogP contribution in [0.15, 0.2) is 36.5 Å². The van der Waals surface area contributed by atoms with E-state index < -0.39 is 23.4 Å². The lowest BCUT2D eigenvalue weighted by Gasteiger charge is -2.18. The van der Waals surface area contributed by atoms with Gasteiger partial charge in [-0.25, -0.2) is 9.37 Å². The molecule has 0 aliphatic carbocycles. The number of likely N-dealkylation sites (tertiary alicyclic amines) is 1. The van der Waals surface area contributed by atoms with Crippen LogP contribution < -0.4 is 19.5 Å². The number of nitrogens with one attached hydrogen (secondary N) is 1. The fourth-order valence-corrected chi connectivity index (χ4v) is 4.54. The molecular weight excluding hydrogens is 522 g/mol. The van der Waals surface area contributed by atoms with E-state index in [-0.39, 0.29) is 46.5 Å². The van der Waals surface area contributed by atoms with E-state index in [9.17, 15) is 22.4 Å². The van der Waals surface area contributed by atoms with Crippen LogP contribution in [0.3, 0.4) is 0 Å². The Morgan fingerprint density at radius 2 is 1.92 bits per heavy atom. The molecule has 1 fully saturated rings. The highest BCUT2D eigenvalue weighted by Gasteiger charge is 2.37. The molecule has 3 aromatic rings. The maximum Gasteiger partial charge on any atom is 0.423 e. The lowest BCUT2D eigenvalue weighted by Crippen LogP contribution is -2.21. The van der Waals surface area contributed by atoms with Gasteiger partial charge >= 0.3 is 6.18 Å². The Hall–Kier alpha value is -4.13. The lowest BCUT2D eigenvalue weighted by atomic mass is 10.1. The number of alkyl halides is 3. The molecule has 206 valence electrons. The molecular formula is C26H25F4N5O4. The molecule has 2 aromatic carbocycles. The smallest absolute Gasteiger partial charge is 0.423 e. The van der Waals surface area contributed by atoms with Gasteiger partial charge in [0.1, 0.15) is 23.2 Å². The van der Waals surface area contributed by atoms with Crippen molar-refractivity contribution in [2.24, 2.45) is 0 Å². The molecule has 1 atom stereocenters. The van der Waals surface area contributed by atoms with Gasteiger partial charge in [-0.1, -0.05) is 12.1 Å². The predicted molar refractivity (Wildman–Crippen MR) is 132 cm³/mol. The van der Waals surface area contributed by atoms with Gasteiger partial charge in [-0.15, -0.1) is 0 Å². The summed E-state index contributed by atoms with van der Waals surface area (Å²) in [5, 5.41) is 2.69. The number of ether oxygens (including phenoxy) is 3. The molecule has 1 aromatic heterocycles. The quantitative estimate of drug-likeness (QED) is 0.420. The van der Waals surface area contributed by atoms with E-state index in [2.05, 4.69) is 20.2 Å². The number of fused-ring (bicyclic) bond motifs is 1. The Bertz CT molecular complexity index is 1420. The molecule has 13 heteroatoms. The van der Waals surface area contributed by atoms with Gasteiger partial charge < -0.3 is 29.3 Å². The topological polar surface area (TPSA) is 89.1 Å². The van der Waals surface area contributed by atoms with Gasteiger partial charge in [0.2, 0.25) is 11.8 Å². The second-order valence-corrected chi connectivity index (χ2v) is 9.36. The van der Waals surface area contributed by atoms with Crippen molar-refractivity contribution in [3.8, 4) is 23.1 Å². The number of halogens is 4. The minimum atomic E-state index is -4.84. The van der Waals surface area contributed by atoms with Gasteiger partial charge in [-0.05, 0) is 25.1 Å². The number of methoxy groups -OCH3 is 1. The fourth-order valence-electron chi connectivity index (χ4n) is 4.54. The molecule has 0 radical (unpaired) electrons. The van der Waals surface area contributed by atoms with Crippen LogP contribution >= 0.6 is 0 Å². The average molecular weight is 548 g/mol. The van der Waals surface area contributed by atoms with Crippen molar-refractivity contribution in [2.45, 2.75) is 25.2 Å². The van der Waals surface area contributed by atoms with Gasteiger partial charge in [0.05, 0.1) is 18.4 Å². The monoisotopic (exact) mass is 547 g/mol. The van der Waals surface area contributed by atoms with Crippen LogP contribution in [0, 0.1) is 5.82 Å². The summed E-state index contributed by atoms with van der Waals surface area (Å²) in [4.78, 5) is 23.7. The number of nitrogens with zero attached hydrogens (tertiary/aromatic N) is 4. The van der Waals surface area contributed by atoms with Crippen LogP contribution in [0.4, 0.5) is 29.2 Å². The summed E-state index contributed by atoms with van der Waals surface area (Å²) in [5.74, 6) is -2.12. The Morgan fingerprint density at radius 3 is 2.62 bits per heavy atom. The number of amides is 1. The van der Waals surface area contributed by atoms with Crippen molar-refractivity contribution in [3.63, 3.8) is 0 Å². The van der Waals surface area contributed by atoms with Crippen molar-refractivity contribution in [3.05, 3.63) is 59.0 Å². The summed E-state index contributed by atoms with van der Waals surface area (Å²) in [5.41, 5.74) is -0.399. The molecule has 5 rings (SSSR count). The van der Waals surface area contributed by atoms with Crippen LogP contribution in [0.25, 0.3) is 0 Å². The van der Waals surface area contributed by atoms with Crippen LogP contribution in [-0.2, 0) is 12.7 Å². The summed E-state index contributed by atoms with van der Waals surface area (Å²) in [6.07, 6.45) is -3.73. The maximum atomic E-state index is 14.9. The number of hydrogen-bond acceptors (Lipinski definition) is 8. The van der Waals surface area contributed by atoms with Crippen LogP contribution in [0.5, 0.6) is 23.1 Å². The van der Waals surface area contributed by atoms with E-state index in [0.29, 0.717) is 24.8 Å². The van der Waals surface area contributed by atoms with Crippen LogP contribution in [-0.4, -0.2) is 66.1 Å². The van der Waals surface area contributed by atoms with E-state index in [1.165, 1.54) is 24.1 Å². The molecule has 3 heterocycles. The highest BCUT2D eigenvalue weighted by atomic mass is 19.4. The minimum Gasteiger partial charge on any atom is -0.494 e. The fraction of sp³-hybridized carbons (Fsp3) is 0.346. The summed E-state index contributed by atoms with van der Waals surface area (Å²) >= 11 is 0. The second-order valence-electron chi connectivity index (χ2n) is 9.36. The molecule has 2 aliphatic rings. The number of carbonyl (C=O) groups is 1. The number of benzene rings is 2. The number of rotatable bonds is 7. The number of aromatic nitrogens is 2. The Kier molecular flexibility index (Phi) is 6.93. The normalized spacial score (nSPS) is 17.4. The molecule has 0 bridgehead atoms. The van der Waals surface area contributed by atoms with Crippen molar-refractivity contribution in [1.29, 1.82) is 0 Å². The highest BCUT2D eigenvalue weighted by molar-refractivity contribution is 6.00. The van der Waals surface area contributed by atoms with Crippen LogP contribution in [0.2, 0.25) is 0 Å². The average Bonchev–Trinajstić information content (AvgIpc) is 3.42. The standard InChI is InChI=1S/C26H25F4N5O4/c1-34-8-7-15(13-34)38-20-10-21(37-3)18(9-17(20)27)32-25-31-11-16(26(28,29)30)23(33-25)39-19-6-4-5-14-12-35(2)24(36)22(14)19/h4-6,9-11,15H,7-8,12-13H2,1-3H3,(H,31,32,33)/t15-/m1/s1. The number of likely N-dealkylation sites (N-methyl/N-ethyl adjacent to an activating group) is 1. The maximum absolute atomic E-state index is 14.9. The molecule has 1 amide bonds. The van der Waals surface area contributed by atoms with Crippen molar-refractivity contribution < 1.29 is 36.6 Å². The SMILES string of the molecule is COc1cc(O[C@@H]2CCN(C)C2)c(F)cc1Nc1ncc(C(F)(F)F)c(Oc2cccc3c2C(=O)N(C)C3)n1. The molecule has 1 N–H and O–H groups in total. The first kappa shape index (κ1) is 26.5. The van der Waals surface area contributed by atoms with E-state index in [1.54, 1.807) is 19.2 Å². The third kappa shape index (κ3) is 5.39. The zero-order chi connectivity index (χ0) is 27.9. The summed E-state index contributed by atoms with van der Waals surface area (Å²) < 4.78 is 73.0. The van der Waals surface area contributed by atoms with Gasteiger partial charge in [0.25, 0.3) is 5.91 Å². The molecule has 0 spiro atoms. The largest absolute Gasteiger partial charge is 0.494 e. The first-order valence-corrected chi connectivity index (χ1v) is 12.0. The van der Waals surface area contributed by atoms with Gasteiger partial charge in [0.15, 0.2) is 11.6 Å². The molecule has 9 nitrogen and oxygen atoms in total. The molecule has 0 saturated carbocycles. The zero-order valence-corrected chi connectivity index (χ0v) is 21.3. The minimum absolute atomic E-state index is 0.0115. The summed E-state index contributed by atoms with van der Waals surface area (Å²) in [6.45, 7) is 1.78. The van der Waals surface area contributed by atoms with Gasteiger partial charge in [0, 0.05) is 45.0 Å². The van der Waals surface area contributed by atoms with E-state index in [0.717, 1.165) is 19.0 Å². The first-order chi connectivity index (χ1) is 18.5. The Labute approximate surface area is 221 Å². The van der Waals surface area contributed by atoms with Gasteiger partial charge in [-0.3, -0.25) is 4.79 Å².